The molecule has 0 spiro atoms. The highest BCUT2D eigenvalue weighted by Crippen LogP contribution is 2.24. The predicted molar refractivity (Wildman–Crippen MR) is 95.8 cm³/mol. The molecule has 0 saturated carbocycles. The summed E-state index contributed by atoms with van der Waals surface area (Å²) in [5, 5.41) is 4.11. The van der Waals surface area contributed by atoms with Crippen molar-refractivity contribution in [2.75, 3.05) is 23.7 Å². The smallest absolute Gasteiger partial charge is 0.223 e. The molecule has 1 aromatic rings. The molecule has 0 aromatic carbocycles. The fourth-order valence-corrected chi connectivity index (χ4v) is 3.18. The highest BCUT2D eigenvalue weighted by atomic mass is 32.2. The molecule has 1 aliphatic heterocycles. The van der Waals surface area contributed by atoms with Crippen LogP contribution in [0, 0.1) is 11.8 Å². The van der Waals surface area contributed by atoms with Crippen LogP contribution in [0.5, 0.6) is 0 Å². The van der Waals surface area contributed by atoms with Gasteiger partial charge in [0.1, 0.15) is 10.8 Å². The summed E-state index contributed by atoms with van der Waals surface area (Å²) < 4.78 is 0. The summed E-state index contributed by atoms with van der Waals surface area (Å²) >= 11 is 1.70. The normalized spacial score (nSPS) is 17.3. The fourth-order valence-electron chi connectivity index (χ4n) is 2.59. The zero-order chi connectivity index (χ0) is 16.8. The summed E-state index contributed by atoms with van der Waals surface area (Å²) in [7, 11) is 0. The lowest BCUT2D eigenvalue weighted by molar-refractivity contribution is -0.126. The van der Waals surface area contributed by atoms with E-state index < -0.39 is 0 Å². The minimum absolute atomic E-state index is 0.119. The number of nitrogens with one attached hydrogen (secondary N) is 1. The molecule has 0 aliphatic carbocycles. The number of hydrogen-bond acceptors (Lipinski definition) is 5. The zero-order valence-corrected chi connectivity index (χ0v) is 15.4. The highest BCUT2D eigenvalue weighted by Gasteiger charge is 2.27. The summed E-state index contributed by atoms with van der Waals surface area (Å²) in [5.41, 5.74) is 0. The van der Waals surface area contributed by atoms with Crippen LogP contribution < -0.4 is 10.2 Å². The van der Waals surface area contributed by atoms with Crippen molar-refractivity contribution in [3.05, 3.63) is 12.4 Å². The van der Waals surface area contributed by atoms with E-state index in [1.165, 1.54) is 0 Å². The van der Waals surface area contributed by atoms with Crippen LogP contribution in [0.1, 0.15) is 40.5 Å². The van der Waals surface area contributed by atoms with Gasteiger partial charge in [-0.05, 0) is 31.4 Å². The number of amides is 1. The van der Waals surface area contributed by atoms with Crippen molar-refractivity contribution in [3.8, 4) is 0 Å². The Labute approximate surface area is 143 Å². The molecule has 1 amide bonds. The summed E-state index contributed by atoms with van der Waals surface area (Å²) in [6.45, 7) is 10.2. The standard InChI is InChI=1S/C17H28N4OS/c1-5-23-16-11-18-10-15(20-16)21-8-6-14(7-9-21)17(22)19-13(4)12(2)3/h10-14H,5-9H2,1-4H3,(H,19,22)/t13-/m1/s1. The zero-order valence-electron chi connectivity index (χ0n) is 14.6. The number of rotatable bonds is 6. The van der Waals surface area contributed by atoms with Crippen molar-refractivity contribution >= 4 is 23.5 Å². The van der Waals surface area contributed by atoms with E-state index in [1.54, 1.807) is 11.8 Å². The second-order valence-electron chi connectivity index (χ2n) is 6.45. The number of carbonyl (C=O) groups is 1. The number of piperidine rings is 1. The Balaban J connectivity index is 1.88. The molecule has 1 saturated heterocycles. The second kappa shape index (κ2) is 8.52. The molecule has 6 heteroatoms. The van der Waals surface area contributed by atoms with Gasteiger partial charge in [-0.3, -0.25) is 9.78 Å². The first-order chi connectivity index (χ1) is 11.0. The van der Waals surface area contributed by atoms with Crippen LogP contribution in [0.15, 0.2) is 17.4 Å². The second-order valence-corrected chi connectivity index (χ2v) is 7.74. The summed E-state index contributed by atoms with van der Waals surface area (Å²) in [6, 6.07) is 0.231. The monoisotopic (exact) mass is 336 g/mol. The summed E-state index contributed by atoms with van der Waals surface area (Å²) in [5.74, 6) is 2.71. The molecule has 23 heavy (non-hydrogen) atoms. The highest BCUT2D eigenvalue weighted by molar-refractivity contribution is 7.99. The Hall–Kier alpha value is -1.30. The molecule has 128 valence electrons. The van der Waals surface area contributed by atoms with E-state index in [1.807, 2.05) is 12.4 Å². The largest absolute Gasteiger partial charge is 0.355 e. The van der Waals surface area contributed by atoms with Crippen LogP contribution in [0.2, 0.25) is 0 Å². The van der Waals surface area contributed by atoms with Gasteiger partial charge in [-0.1, -0.05) is 20.8 Å². The number of nitrogens with zero attached hydrogens (tertiary/aromatic N) is 3. The Kier molecular flexibility index (Phi) is 6.69. The molecule has 1 N–H and O–H groups in total. The van der Waals surface area contributed by atoms with Crippen LogP contribution >= 0.6 is 11.8 Å². The molecule has 0 bridgehead atoms. The molecular formula is C17H28N4OS. The minimum atomic E-state index is 0.119. The molecule has 5 nitrogen and oxygen atoms in total. The fraction of sp³-hybridized carbons (Fsp3) is 0.706. The molecule has 1 aromatic heterocycles. The van der Waals surface area contributed by atoms with Gasteiger partial charge in [-0.25, -0.2) is 4.98 Å². The lowest BCUT2D eigenvalue weighted by Crippen LogP contribution is -2.44. The van der Waals surface area contributed by atoms with Gasteiger partial charge in [0.15, 0.2) is 0 Å². The maximum atomic E-state index is 12.3. The van der Waals surface area contributed by atoms with Gasteiger partial charge >= 0.3 is 0 Å². The van der Waals surface area contributed by atoms with Crippen LogP contribution in [0.25, 0.3) is 0 Å². The third-order valence-electron chi connectivity index (χ3n) is 4.45. The van der Waals surface area contributed by atoms with E-state index >= 15 is 0 Å². The van der Waals surface area contributed by atoms with Gasteiger partial charge in [0, 0.05) is 25.0 Å². The maximum Gasteiger partial charge on any atom is 0.223 e. The van der Waals surface area contributed by atoms with Crippen molar-refractivity contribution in [1.82, 2.24) is 15.3 Å². The van der Waals surface area contributed by atoms with Crippen molar-refractivity contribution in [3.63, 3.8) is 0 Å². The minimum Gasteiger partial charge on any atom is -0.355 e. The van der Waals surface area contributed by atoms with Crippen molar-refractivity contribution in [2.24, 2.45) is 11.8 Å². The molecule has 1 fully saturated rings. The van der Waals surface area contributed by atoms with E-state index in [4.69, 9.17) is 0 Å². The third kappa shape index (κ3) is 5.09. The van der Waals surface area contributed by atoms with E-state index in [9.17, 15) is 4.79 Å². The quantitative estimate of drug-likeness (QED) is 0.809. The lowest BCUT2D eigenvalue weighted by atomic mass is 9.95. The van der Waals surface area contributed by atoms with Crippen molar-refractivity contribution < 1.29 is 4.79 Å². The molecule has 1 atom stereocenters. The number of carbonyl (C=O) groups excluding carboxylic acids is 1. The van der Waals surface area contributed by atoms with E-state index in [2.05, 4.69) is 47.9 Å². The van der Waals surface area contributed by atoms with Crippen molar-refractivity contribution in [2.45, 2.75) is 51.6 Å². The molecule has 1 aliphatic rings. The van der Waals surface area contributed by atoms with Crippen LogP contribution in [-0.4, -0.2) is 40.8 Å². The number of aromatic nitrogens is 2. The maximum absolute atomic E-state index is 12.3. The van der Waals surface area contributed by atoms with Crippen LogP contribution in [-0.2, 0) is 4.79 Å². The van der Waals surface area contributed by atoms with Gasteiger partial charge in [0.25, 0.3) is 0 Å². The first-order valence-corrected chi connectivity index (χ1v) is 9.50. The van der Waals surface area contributed by atoms with Crippen molar-refractivity contribution in [1.29, 1.82) is 0 Å². The summed E-state index contributed by atoms with van der Waals surface area (Å²) in [6.07, 6.45) is 5.39. The number of hydrogen-bond donors (Lipinski definition) is 1. The number of anilines is 1. The predicted octanol–water partition coefficient (Wildman–Crippen LogP) is 2.97. The summed E-state index contributed by atoms with van der Waals surface area (Å²) in [4.78, 5) is 23.5. The molecule has 2 rings (SSSR count). The average Bonchev–Trinajstić information content (AvgIpc) is 2.55. The van der Waals surface area contributed by atoms with Gasteiger partial charge in [0.2, 0.25) is 5.91 Å². The Morgan fingerprint density at radius 2 is 2.04 bits per heavy atom. The lowest BCUT2D eigenvalue weighted by Gasteiger charge is -2.32. The Bertz CT molecular complexity index is 515. The average molecular weight is 337 g/mol. The van der Waals surface area contributed by atoms with E-state index in [0.29, 0.717) is 5.92 Å². The Morgan fingerprint density at radius 3 is 2.65 bits per heavy atom. The first kappa shape index (κ1) is 18.0. The SMILES string of the molecule is CCSc1cncc(N2CCC(C(=O)N[C@H](C)C(C)C)CC2)n1. The van der Waals surface area contributed by atoms with Gasteiger partial charge in [-0.2, -0.15) is 0 Å². The van der Waals surface area contributed by atoms with Gasteiger partial charge in [-0.15, -0.1) is 11.8 Å². The first-order valence-electron chi connectivity index (χ1n) is 8.51. The third-order valence-corrected chi connectivity index (χ3v) is 5.23. The van der Waals surface area contributed by atoms with Gasteiger partial charge in [0.05, 0.1) is 12.4 Å². The van der Waals surface area contributed by atoms with Crippen LogP contribution in [0.4, 0.5) is 5.82 Å². The van der Waals surface area contributed by atoms with E-state index in [0.717, 1.165) is 42.5 Å². The molecular weight excluding hydrogens is 308 g/mol. The van der Waals surface area contributed by atoms with E-state index in [-0.39, 0.29) is 17.9 Å². The molecule has 0 radical (unpaired) electrons. The molecule has 0 unspecified atom stereocenters. The number of thioether (sulfide) groups is 1. The molecule has 2 heterocycles. The van der Waals surface area contributed by atoms with Crippen LogP contribution in [0.3, 0.4) is 0 Å². The Morgan fingerprint density at radius 1 is 1.35 bits per heavy atom. The topological polar surface area (TPSA) is 58.1 Å². The van der Waals surface area contributed by atoms with Gasteiger partial charge < -0.3 is 10.2 Å².